The minimum absolute atomic E-state index is 0.566. The zero-order chi connectivity index (χ0) is 13.1. The Balaban J connectivity index is 2.43. The fourth-order valence-corrected chi connectivity index (χ4v) is 2.93. The van der Waals surface area contributed by atoms with Gasteiger partial charge in [0.25, 0.3) is 0 Å². The Morgan fingerprint density at radius 3 is 2.50 bits per heavy atom. The molecule has 1 unspecified atom stereocenters. The molecule has 0 aliphatic rings. The van der Waals surface area contributed by atoms with E-state index in [4.69, 9.17) is 0 Å². The lowest BCUT2D eigenvalue weighted by atomic mass is 10.2. The van der Waals surface area contributed by atoms with Gasteiger partial charge >= 0.3 is 0 Å². The summed E-state index contributed by atoms with van der Waals surface area (Å²) < 4.78 is 12.4. The topological polar surface area (TPSA) is 50.2 Å². The summed E-state index contributed by atoms with van der Waals surface area (Å²) in [5.41, 5.74) is 1.78. The van der Waals surface area contributed by atoms with Crippen molar-refractivity contribution in [3.63, 3.8) is 0 Å². The molecule has 18 heavy (non-hydrogen) atoms. The smallest absolute Gasteiger partial charge is 0.0869 e. The van der Waals surface area contributed by atoms with Crippen LogP contribution in [-0.4, -0.2) is 14.3 Å². The Morgan fingerprint density at radius 1 is 1.22 bits per heavy atom. The highest BCUT2D eigenvalue weighted by atomic mass is 32.2. The molecule has 2 aromatic rings. The molecule has 2 rings (SSSR count). The number of hydrogen-bond donors (Lipinski definition) is 1. The van der Waals surface area contributed by atoms with Gasteiger partial charge in [0.2, 0.25) is 0 Å². The average Bonchev–Trinajstić information content (AvgIpc) is 2.39. The van der Waals surface area contributed by atoms with Gasteiger partial charge in [-0.15, -0.1) is 0 Å². The number of aliphatic hydroxyl groups is 1. The van der Waals surface area contributed by atoms with E-state index >= 15 is 0 Å². The third kappa shape index (κ3) is 2.66. The zero-order valence-corrected chi connectivity index (χ0v) is 11.1. The van der Waals surface area contributed by atoms with Crippen LogP contribution in [0.1, 0.15) is 24.2 Å². The van der Waals surface area contributed by atoms with Crippen molar-refractivity contribution in [3.8, 4) is 0 Å². The maximum Gasteiger partial charge on any atom is 0.0869 e. The number of benzene rings is 1. The summed E-state index contributed by atoms with van der Waals surface area (Å²) in [5, 5.41) is 9.68. The molecule has 4 heteroatoms. The van der Waals surface area contributed by atoms with Crippen LogP contribution in [0.3, 0.4) is 0 Å². The van der Waals surface area contributed by atoms with Crippen molar-refractivity contribution >= 4 is 10.8 Å². The first kappa shape index (κ1) is 12.9. The Labute approximate surface area is 109 Å². The number of aliphatic hydroxyl groups excluding tert-OH is 1. The third-order valence-electron chi connectivity index (χ3n) is 2.70. The van der Waals surface area contributed by atoms with E-state index in [-0.39, 0.29) is 0 Å². The van der Waals surface area contributed by atoms with Crippen LogP contribution in [0.25, 0.3) is 0 Å². The van der Waals surface area contributed by atoms with Crippen molar-refractivity contribution in [3.05, 3.63) is 53.9 Å². The number of nitrogens with zero attached hydrogens (tertiary/aromatic N) is 1. The van der Waals surface area contributed by atoms with E-state index in [0.717, 1.165) is 10.5 Å². The van der Waals surface area contributed by atoms with Gasteiger partial charge in [0.05, 0.1) is 21.8 Å². The van der Waals surface area contributed by atoms with Gasteiger partial charge in [-0.2, -0.15) is 0 Å². The Hall–Kier alpha value is -1.52. The highest BCUT2D eigenvalue weighted by molar-refractivity contribution is 7.85. The van der Waals surface area contributed by atoms with Gasteiger partial charge in [0, 0.05) is 17.3 Å². The third-order valence-corrected chi connectivity index (χ3v) is 4.14. The number of rotatable bonds is 3. The summed E-state index contributed by atoms with van der Waals surface area (Å²) in [5.74, 6) is 0. The molecular weight excluding hydrogens is 246 g/mol. The lowest BCUT2D eigenvalue weighted by molar-refractivity contribution is 0.196. The lowest BCUT2D eigenvalue weighted by Crippen LogP contribution is -2.02. The molecule has 0 saturated heterocycles. The van der Waals surface area contributed by atoms with E-state index in [0.29, 0.717) is 10.5 Å². The molecular formula is C14H15NO2S. The van der Waals surface area contributed by atoms with Crippen molar-refractivity contribution in [2.24, 2.45) is 0 Å². The molecule has 0 saturated carbocycles. The molecule has 1 N–H and O–H groups in total. The van der Waals surface area contributed by atoms with Crippen molar-refractivity contribution < 1.29 is 9.32 Å². The Morgan fingerprint density at radius 2 is 1.89 bits per heavy atom. The van der Waals surface area contributed by atoms with Gasteiger partial charge in [-0.3, -0.25) is 4.98 Å². The molecule has 3 nitrogen and oxygen atoms in total. The highest BCUT2D eigenvalue weighted by Gasteiger charge is 2.15. The molecule has 94 valence electrons. The van der Waals surface area contributed by atoms with E-state index in [2.05, 4.69) is 4.98 Å². The first-order chi connectivity index (χ1) is 8.59. The van der Waals surface area contributed by atoms with Gasteiger partial charge < -0.3 is 5.11 Å². The second-order valence-corrected chi connectivity index (χ2v) is 5.62. The van der Waals surface area contributed by atoms with Crippen molar-refractivity contribution in [1.82, 2.24) is 4.98 Å². The molecule has 0 aliphatic carbocycles. The minimum atomic E-state index is -1.31. The Bertz CT molecular complexity index is 564. The van der Waals surface area contributed by atoms with E-state index in [1.165, 1.54) is 0 Å². The number of aromatic nitrogens is 1. The second-order valence-electron chi connectivity index (χ2n) is 4.17. The lowest BCUT2D eigenvalue weighted by Gasteiger charge is -2.10. The Kier molecular flexibility index (Phi) is 3.89. The van der Waals surface area contributed by atoms with Crippen LogP contribution < -0.4 is 0 Å². The number of pyridine rings is 1. The molecule has 0 radical (unpaired) electrons. The first-order valence-corrected chi connectivity index (χ1v) is 6.85. The maximum absolute atomic E-state index is 12.4. The predicted molar refractivity (Wildman–Crippen MR) is 70.7 cm³/mol. The minimum Gasteiger partial charge on any atom is -0.389 e. The molecule has 0 fully saturated rings. The summed E-state index contributed by atoms with van der Waals surface area (Å²) >= 11 is 0. The standard InChI is InChI=1S/C14H15NO2S/c1-10-3-5-12(6-4-10)18(17)14-9-15-8-7-13(14)11(2)16/h3-9,11,16H,1-2H3/t11-,18?/m0/s1. The van der Waals surface area contributed by atoms with Crippen LogP contribution in [0.5, 0.6) is 0 Å². The van der Waals surface area contributed by atoms with Crippen LogP contribution >= 0.6 is 0 Å². The average molecular weight is 261 g/mol. The molecule has 2 atom stereocenters. The molecule has 0 aliphatic heterocycles. The summed E-state index contributed by atoms with van der Waals surface area (Å²) in [7, 11) is -1.31. The van der Waals surface area contributed by atoms with E-state index < -0.39 is 16.9 Å². The van der Waals surface area contributed by atoms with Gasteiger partial charge in [-0.1, -0.05) is 17.7 Å². The maximum atomic E-state index is 12.4. The van der Waals surface area contributed by atoms with Crippen LogP contribution in [0, 0.1) is 6.92 Å². The molecule has 0 amide bonds. The van der Waals surface area contributed by atoms with Gasteiger partial charge in [-0.25, -0.2) is 4.21 Å². The van der Waals surface area contributed by atoms with E-state index in [9.17, 15) is 9.32 Å². The molecule has 0 bridgehead atoms. The molecule has 0 spiro atoms. The van der Waals surface area contributed by atoms with Crippen LogP contribution in [0.2, 0.25) is 0 Å². The monoisotopic (exact) mass is 261 g/mol. The van der Waals surface area contributed by atoms with E-state index in [1.807, 2.05) is 31.2 Å². The van der Waals surface area contributed by atoms with Gasteiger partial charge in [-0.05, 0) is 37.6 Å². The largest absolute Gasteiger partial charge is 0.389 e. The van der Waals surface area contributed by atoms with Crippen molar-refractivity contribution in [2.45, 2.75) is 29.7 Å². The summed E-state index contributed by atoms with van der Waals surface area (Å²) in [6.45, 7) is 3.64. The fourth-order valence-electron chi connectivity index (χ4n) is 1.68. The summed E-state index contributed by atoms with van der Waals surface area (Å²) in [6, 6.07) is 9.22. The fraction of sp³-hybridized carbons (Fsp3) is 0.214. The number of hydrogen-bond acceptors (Lipinski definition) is 3. The molecule has 1 aromatic heterocycles. The van der Waals surface area contributed by atoms with Crippen LogP contribution in [0.4, 0.5) is 0 Å². The summed E-state index contributed by atoms with van der Waals surface area (Å²) in [4.78, 5) is 5.27. The van der Waals surface area contributed by atoms with Crippen LogP contribution in [-0.2, 0) is 10.8 Å². The predicted octanol–water partition coefficient (Wildman–Crippen LogP) is 2.61. The van der Waals surface area contributed by atoms with Gasteiger partial charge in [0.15, 0.2) is 0 Å². The summed E-state index contributed by atoms with van der Waals surface area (Å²) in [6.07, 6.45) is 2.49. The van der Waals surface area contributed by atoms with Crippen molar-refractivity contribution in [2.75, 3.05) is 0 Å². The first-order valence-electron chi connectivity index (χ1n) is 5.70. The molecule has 1 heterocycles. The molecule has 1 aromatic carbocycles. The SMILES string of the molecule is Cc1ccc(S(=O)c2cnccc2[C@H](C)O)cc1. The highest BCUT2D eigenvalue weighted by Crippen LogP contribution is 2.24. The van der Waals surface area contributed by atoms with Crippen LogP contribution in [0.15, 0.2) is 52.5 Å². The normalized spacial score (nSPS) is 14.2. The number of aryl methyl sites for hydroxylation is 1. The van der Waals surface area contributed by atoms with Gasteiger partial charge in [0.1, 0.15) is 0 Å². The van der Waals surface area contributed by atoms with Crippen molar-refractivity contribution in [1.29, 1.82) is 0 Å². The quantitative estimate of drug-likeness (QED) is 0.924. The zero-order valence-electron chi connectivity index (χ0n) is 10.3. The van der Waals surface area contributed by atoms with E-state index in [1.54, 1.807) is 25.4 Å². The second kappa shape index (κ2) is 5.42.